The molecule has 0 bridgehead atoms. The Bertz CT molecular complexity index is 919. The number of aromatic nitrogens is 2. The predicted octanol–water partition coefficient (Wildman–Crippen LogP) is 3.15. The number of benzene rings is 1. The summed E-state index contributed by atoms with van der Waals surface area (Å²) < 4.78 is 0. The third-order valence-corrected chi connectivity index (χ3v) is 4.28. The van der Waals surface area contributed by atoms with Crippen LogP contribution >= 0.6 is 0 Å². The van der Waals surface area contributed by atoms with E-state index in [4.69, 9.17) is 0 Å². The van der Waals surface area contributed by atoms with Crippen molar-refractivity contribution in [2.24, 2.45) is 0 Å². The van der Waals surface area contributed by atoms with Crippen LogP contribution < -0.4 is 5.56 Å². The first-order valence-corrected chi connectivity index (χ1v) is 7.91. The van der Waals surface area contributed by atoms with Crippen molar-refractivity contribution >= 4 is 16.7 Å². The van der Waals surface area contributed by atoms with Crippen molar-refractivity contribution in [1.29, 1.82) is 0 Å². The smallest absolute Gasteiger partial charge is 0.256 e. The molecule has 2 aromatic heterocycles. The lowest BCUT2D eigenvalue weighted by Crippen LogP contribution is -2.31. The molecule has 1 aromatic carbocycles. The SMILES string of the molecule is CC[C@@H](c1cccnc1)N(C)C(=O)c1c[nH]c(=O)c2ccccc12. The monoisotopic (exact) mass is 321 g/mol. The second-order valence-corrected chi connectivity index (χ2v) is 5.70. The van der Waals surface area contributed by atoms with Gasteiger partial charge in [-0.05, 0) is 24.1 Å². The van der Waals surface area contributed by atoms with Crippen LogP contribution in [0.4, 0.5) is 0 Å². The highest BCUT2D eigenvalue weighted by atomic mass is 16.2. The number of hydrogen-bond acceptors (Lipinski definition) is 3. The Morgan fingerprint density at radius 3 is 2.62 bits per heavy atom. The van der Waals surface area contributed by atoms with E-state index in [1.165, 1.54) is 6.20 Å². The maximum absolute atomic E-state index is 13.0. The summed E-state index contributed by atoms with van der Waals surface area (Å²) >= 11 is 0. The van der Waals surface area contributed by atoms with Gasteiger partial charge in [0, 0.05) is 36.4 Å². The summed E-state index contributed by atoms with van der Waals surface area (Å²) in [6.07, 6.45) is 5.77. The van der Waals surface area contributed by atoms with E-state index in [0.717, 1.165) is 12.0 Å². The maximum atomic E-state index is 13.0. The van der Waals surface area contributed by atoms with Crippen LogP contribution in [0.1, 0.15) is 35.3 Å². The van der Waals surface area contributed by atoms with E-state index < -0.39 is 0 Å². The van der Waals surface area contributed by atoms with Crippen LogP contribution in [0.3, 0.4) is 0 Å². The highest BCUT2D eigenvalue weighted by molar-refractivity contribution is 6.06. The van der Waals surface area contributed by atoms with Crippen LogP contribution in [0.15, 0.2) is 59.8 Å². The van der Waals surface area contributed by atoms with Gasteiger partial charge in [0.05, 0.1) is 11.6 Å². The van der Waals surface area contributed by atoms with E-state index in [9.17, 15) is 9.59 Å². The number of hydrogen-bond donors (Lipinski definition) is 1. The molecule has 3 aromatic rings. The summed E-state index contributed by atoms with van der Waals surface area (Å²) in [5.41, 5.74) is 1.30. The summed E-state index contributed by atoms with van der Waals surface area (Å²) in [6, 6.07) is 10.9. The Hall–Kier alpha value is -2.95. The van der Waals surface area contributed by atoms with Gasteiger partial charge >= 0.3 is 0 Å². The first kappa shape index (κ1) is 15.9. The zero-order valence-electron chi connectivity index (χ0n) is 13.7. The van der Waals surface area contributed by atoms with E-state index in [1.807, 2.05) is 25.1 Å². The number of nitrogens with zero attached hydrogens (tertiary/aromatic N) is 2. The van der Waals surface area contributed by atoms with Crippen molar-refractivity contribution in [3.05, 3.63) is 76.5 Å². The first-order valence-electron chi connectivity index (χ1n) is 7.91. The number of carbonyl (C=O) groups is 1. The third-order valence-electron chi connectivity index (χ3n) is 4.28. The molecule has 0 radical (unpaired) electrons. The van der Waals surface area contributed by atoms with Gasteiger partial charge < -0.3 is 9.88 Å². The average molecular weight is 321 g/mol. The van der Waals surface area contributed by atoms with Crippen molar-refractivity contribution in [3.63, 3.8) is 0 Å². The molecular weight excluding hydrogens is 302 g/mol. The Labute approximate surface area is 140 Å². The van der Waals surface area contributed by atoms with Gasteiger partial charge in [-0.1, -0.05) is 31.2 Å². The topological polar surface area (TPSA) is 66.1 Å². The van der Waals surface area contributed by atoms with Crippen molar-refractivity contribution in [1.82, 2.24) is 14.9 Å². The maximum Gasteiger partial charge on any atom is 0.256 e. The molecule has 5 nitrogen and oxygen atoms in total. The predicted molar refractivity (Wildman–Crippen MR) is 93.9 cm³/mol. The first-order chi connectivity index (χ1) is 11.6. The molecule has 0 aliphatic carbocycles. The van der Waals surface area contributed by atoms with Crippen LogP contribution in [0.25, 0.3) is 10.8 Å². The molecule has 1 atom stereocenters. The average Bonchev–Trinajstić information content (AvgIpc) is 2.63. The lowest BCUT2D eigenvalue weighted by atomic mass is 10.0. The molecule has 1 amide bonds. The zero-order chi connectivity index (χ0) is 17.1. The van der Waals surface area contributed by atoms with E-state index >= 15 is 0 Å². The molecule has 0 saturated heterocycles. The second kappa shape index (κ2) is 6.66. The van der Waals surface area contributed by atoms with E-state index in [2.05, 4.69) is 9.97 Å². The standard InChI is InChI=1S/C19H19N3O2/c1-3-17(13-7-6-10-20-11-13)22(2)19(24)16-12-21-18(23)15-9-5-4-8-14(15)16/h4-12,17H,3H2,1-2H3,(H,21,23)/t17-/m0/s1. The fraction of sp³-hybridized carbons (Fsp3) is 0.211. The van der Waals surface area contributed by atoms with E-state index in [-0.39, 0.29) is 17.5 Å². The van der Waals surface area contributed by atoms with Gasteiger partial charge in [-0.15, -0.1) is 0 Å². The largest absolute Gasteiger partial charge is 0.335 e. The minimum absolute atomic E-state index is 0.0723. The van der Waals surface area contributed by atoms with Gasteiger partial charge in [0.2, 0.25) is 0 Å². The summed E-state index contributed by atoms with van der Waals surface area (Å²) in [5, 5.41) is 1.19. The minimum Gasteiger partial charge on any atom is -0.335 e. The minimum atomic E-state index is -0.191. The Morgan fingerprint density at radius 1 is 1.21 bits per heavy atom. The lowest BCUT2D eigenvalue weighted by molar-refractivity contribution is 0.0727. The van der Waals surface area contributed by atoms with Gasteiger partial charge in [-0.25, -0.2) is 0 Å². The Kier molecular flexibility index (Phi) is 4.42. The fourth-order valence-corrected chi connectivity index (χ4v) is 3.02. The number of carbonyl (C=O) groups excluding carboxylic acids is 1. The number of H-pyrrole nitrogens is 1. The summed E-state index contributed by atoms with van der Waals surface area (Å²) in [5.74, 6) is -0.127. The van der Waals surface area contributed by atoms with Crippen LogP contribution in [0.5, 0.6) is 0 Å². The number of aromatic amines is 1. The molecule has 0 aliphatic rings. The molecular formula is C19H19N3O2. The summed E-state index contributed by atoms with van der Waals surface area (Å²) in [4.78, 5) is 33.5. The molecule has 5 heteroatoms. The lowest BCUT2D eigenvalue weighted by Gasteiger charge is -2.28. The number of amides is 1. The Morgan fingerprint density at radius 2 is 1.96 bits per heavy atom. The molecule has 0 aliphatic heterocycles. The molecule has 0 spiro atoms. The van der Waals surface area contributed by atoms with Crippen LogP contribution in [0.2, 0.25) is 0 Å². The summed E-state index contributed by atoms with van der Waals surface area (Å²) in [7, 11) is 1.78. The number of rotatable bonds is 4. The van der Waals surface area contributed by atoms with Crippen molar-refractivity contribution in [3.8, 4) is 0 Å². The number of fused-ring (bicyclic) bond motifs is 1. The Balaban J connectivity index is 2.03. The highest BCUT2D eigenvalue weighted by Crippen LogP contribution is 2.25. The van der Waals surface area contributed by atoms with Crippen LogP contribution in [0, 0.1) is 0 Å². The number of nitrogens with one attached hydrogen (secondary N) is 1. The molecule has 122 valence electrons. The fourth-order valence-electron chi connectivity index (χ4n) is 3.02. The van der Waals surface area contributed by atoms with Crippen LogP contribution in [-0.4, -0.2) is 27.8 Å². The molecule has 2 heterocycles. The van der Waals surface area contributed by atoms with Gasteiger partial charge in [0.15, 0.2) is 0 Å². The van der Waals surface area contributed by atoms with Crippen LogP contribution in [-0.2, 0) is 0 Å². The molecule has 3 rings (SSSR count). The van der Waals surface area contributed by atoms with Gasteiger partial charge in [0.1, 0.15) is 0 Å². The summed E-state index contributed by atoms with van der Waals surface area (Å²) in [6.45, 7) is 2.03. The van der Waals surface area contributed by atoms with E-state index in [0.29, 0.717) is 16.3 Å². The van der Waals surface area contributed by atoms with Crippen molar-refractivity contribution < 1.29 is 4.79 Å². The zero-order valence-corrected chi connectivity index (χ0v) is 13.7. The van der Waals surface area contributed by atoms with Gasteiger partial charge in [-0.3, -0.25) is 14.6 Å². The van der Waals surface area contributed by atoms with Crippen molar-refractivity contribution in [2.45, 2.75) is 19.4 Å². The van der Waals surface area contributed by atoms with Gasteiger partial charge in [0.25, 0.3) is 11.5 Å². The molecule has 0 saturated carbocycles. The molecule has 0 unspecified atom stereocenters. The third kappa shape index (κ3) is 2.80. The van der Waals surface area contributed by atoms with Crippen molar-refractivity contribution in [2.75, 3.05) is 7.05 Å². The van der Waals surface area contributed by atoms with Gasteiger partial charge in [-0.2, -0.15) is 0 Å². The highest BCUT2D eigenvalue weighted by Gasteiger charge is 2.23. The molecule has 1 N–H and O–H groups in total. The van der Waals surface area contributed by atoms with E-state index in [1.54, 1.807) is 42.5 Å². The normalized spacial score (nSPS) is 12.1. The number of pyridine rings is 2. The second-order valence-electron chi connectivity index (χ2n) is 5.70. The molecule has 24 heavy (non-hydrogen) atoms. The quantitative estimate of drug-likeness (QED) is 0.803. The molecule has 0 fully saturated rings.